The fourth-order valence-corrected chi connectivity index (χ4v) is 3.61. The summed E-state index contributed by atoms with van der Waals surface area (Å²) in [6.45, 7) is 7.65. The molecule has 0 unspecified atom stereocenters. The topological polar surface area (TPSA) is 54.4 Å². The maximum Gasteiger partial charge on any atom is 0.295 e. The smallest absolute Gasteiger partial charge is 0.282 e. The van der Waals surface area contributed by atoms with Crippen molar-refractivity contribution in [2.24, 2.45) is 0 Å². The molecule has 2 aliphatic carbocycles. The third-order valence-electron chi connectivity index (χ3n) is 3.47. The van der Waals surface area contributed by atoms with E-state index in [1.165, 1.54) is 0 Å². The molecule has 0 saturated heterocycles. The number of rotatable bonds is 2. The Labute approximate surface area is 114 Å². The SMILES string of the molecule is Cc1ccc(C(C)C)c(S(=O)(=O)O)c2c(C)ccc1-2. The molecule has 0 amide bonds. The summed E-state index contributed by atoms with van der Waals surface area (Å²) in [6.07, 6.45) is 0. The molecule has 0 heterocycles. The quantitative estimate of drug-likeness (QED) is 0.851. The summed E-state index contributed by atoms with van der Waals surface area (Å²) in [6, 6.07) is 7.49. The van der Waals surface area contributed by atoms with E-state index < -0.39 is 10.1 Å². The predicted octanol–water partition coefficient (Wildman–Crippen LogP) is 3.78. The van der Waals surface area contributed by atoms with Gasteiger partial charge in [0, 0.05) is 5.56 Å². The van der Waals surface area contributed by atoms with Gasteiger partial charge >= 0.3 is 0 Å². The molecule has 3 nitrogen and oxygen atoms in total. The first kappa shape index (κ1) is 14.0. The minimum absolute atomic E-state index is 0.0150. The summed E-state index contributed by atoms with van der Waals surface area (Å²) < 4.78 is 33.3. The van der Waals surface area contributed by atoms with Gasteiger partial charge in [0.1, 0.15) is 4.90 Å². The van der Waals surface area contributed by atoms with Crippen LogP contribution in [0, 0.1) is 13.8 Å². The van der Waals surface area contributed by atoms with Crippen LogP contribution in [0.5, 0.6) is 0 Å². The Balaban J connectivity index is 3.04. The summed E-state index contributed by atoms with van der Waals surface area (Å²) in [7, 11) is -4.26. The maximum atomic E-state index is 11.8. The maximum absolute atomic E-state index is 11.8. The zero-order valence-corrected chi connectivity index (χ0v) is 12.4. The number of fused-ring (bicyclic) bond motifs is 1. The minimum atomic E-state index is -4.26. The van der Waals surface area contributed by atoms with E-state index in [-0.39, 0.29) is 10.8 Å². The van der Waals surface area contributed by atoms with Crippen LogP contribution in [0.2, 0.25) is 0 Å². The molecule has 0 aliphatic heterocycles. The molecule has 1 N–H and O–H groups in total. The van der Waals surface area contributed by atoms with E-state index in [4.69, 9.17) is 0 Å². The van der Waals surface area contributed by atoms with Gasteiger partial charge in [0.25, 0.3) is 10.1 Å². The van der Waals surface area contributed by atoms with Crippen molar-refractivity contribution in [3.63, 3.8) is 0 Å². The van der Waals surface area contributed by atoms with E-state index in [1.54, 1.807) is 6.07 Å². The molecular weight excluding hydrogens is 260 g/mol. The second-order valence-electron chi connectivity index (χ2n) is 5.24. The molecule has 0 spiro atoms. The van der Waals surface area contributed by atoms with E-state index in [1.807, 2.05) is 45.9 Å². The summed E-state index contributed by atoms with van der Waals surface area (Å²) in [4.78, 5) is 0.0492. The molecule has 0 saturated carbocycles. The molecule has 2 rings (SSSR count). The van der Waals surface area contributed by atoms with Crippen LogP contribution in [0.4, 0.5) is 0 Å². The van der Waals surface area contributed by atoms with Crippen molar-refractivity contribution in [1.29, 1.82) is 0 Å². The lowest BCUT2D eigenvalue weighted by molar-refractivity contribution is 0.482. The van der Waals surface area contributed by atoms with Crippen LogP contribution < -0.4 is 0 Å². The molecule has 0 fully saturated rings. The van der Waals surface area contributed by atoms with Crippen molar-refractivity contribution >= 4 is 10.1 Å². The number of hydrogen-bond donors (Lipinski definition) is 1. The second kappa shape index (κ2) is 4.62. The zero-order valence-electron chi connectivity index (χ0n) is 11.6. The van der Waals surface area contributed by atoms with Gasteiger partial charge in [-0.05, 0) is 42.0 Å². The fraction of sp³-hybridized carbons (Fsp3) is 0.333. The minimum Gasteiger partial charge on any atom is -0.282 e. The largest absolute Gasteiger partial charge is 0.295 e. The lowest BCUT2D eigenvalue weighted by atomic mass is 10.0. The zero-order chi connectivity index (χ0) is 14.4. The lowest BCUT2D eigenvalue weighted by Crippen LogP contribution is -2.05. The molecule has 0 bridgehead atoms. The van der Waals surface area contributed by atoms with Crippen LogP contribution in [-0.2, 0) is 10.1 Å². The van der Waals surface area contributed by atoms with Crippen molar-refractivity contribution in [2.45, 2.75) is 38.5 Å². The van der Waals surface area contributed by atoms with Crippen LogP contribution in [-0.4, -0.2) is 13.0 Å². The molecule has 0 aromatic rings. The van der Waals surface area contributed by atoms with Gasteiger partial charge in [-0.3, -0.25) is 4.55 Å². The molecule has 2 aliphatic rings. The Morgan fingerprint density at radius 1 is 1.00 bits per heavy atom. The van der Waals surface area contributed by atoms with Crippen molar-refractivity contribution in [1.82, 2.24) is 0 Å². The highest BCUT2D eigenvalue weighted by atomic mass is 32.2. The standard InChI is InChI=1S/C15H18O3S/c1-9(2)12-7-5-10(3)13-8-6-11(4)14(13)15(12)19(16,17)18/h5-9H,1-4H3,(H,16,17,18). The van der Waals surface area contributed by atoms with Crippen molar-refractivity contribution in [2.75, 3.05) is 0 Å². The van der Waals surface area contributed by atoms with Crippen molar-refractivity contribution < 1.29 is 13.0 Å². The van der Waals surface area contributed by atoms with Crippen molar-refractivity contribution in [3.8, 4) is 11.1 Å². The van der Waals surface area contributed by atoms with Crippen molar-refractivity contribution in [3.05, 3.63) is 41.0 Å². The summed E-state index contributed by atoms with van der Waals surface area (Å²) in [5.74, 6) is 0.0150. The van der Waals surface area contributed by atoms with Crippen LogP contribution in [0.25, 0.3) is 11.1 Å². The van der Waals surface area contributed by atoms with Crippen LogP contribution in [0.15, 0.2) is 29.2 Å². The molecule has 0 atom stereocenters. The number of hydrogen-bond acceptors (Lipinski definition) is 2. The first-order valence-electron chi connectivity index (χ1n) is 6.23. The normalized spacial score (nSPS) is 12.3. The van der Waals surface area contributed by atoms with Gasteiger partial charge in [-0.15, -0.1) is 0 Å². The average Bonchev–Trinajstić information content (AvgIpc) is 2.55. The molecular formula is C15H18O3S. The predicted molar refractivity (Wildman–Crippen MR) is 76.4 cm³/mol. The van der Waals surface area contributed by atoms with Gasteiger partial charge < -0.3 is 0 Å². The monoisotopic (exact) mass is 278 g/mol. The Morgan fingerprint density at radius 2 is 1.58 bits per heavy atom. The van der Waals surface area contributed by atoms with E-state index in [2.05, 4.69) is 0 Å². The first-order valence-corrected chi connectivity index (χ1v) is 7.67. The van der Waals surface area contributed by atoms with Gasteiger partial charge in [-0.2, -0.15) is 8.42 Å². The number of aryl methyl sites for hydroxylation is 2. The van der Waals surface area contributed by atoms with Gasteiger partial charge in [0.2, 0.25) is 0 Å². The fourth-order valence-electron chi connectivity index (χ4n) is 2.47. The molecule has 19 heavy (non-hydrogen) atoms. The van der Waals surface area contributed by atoms with E-state index >= 15 is 0 Å². The van der Waals surface area contributed by atoms with Crippen LogP contribution in [0.1, 0.15) is 36.5 Å². The Hall–Kier alpha value is -1.39. The Morgan fingerprint density at radius 3 is 2.11 bits per heavy atom. The summed E-state index contributed by atoms with van der Waals surface area (Å²) in [5.41, 5.74) is 4.02. The Kier molecular flexibility index (Phi) is 3.41. The van der Waals surface area contributed by atoms with Gasteiger partial charge in [0.05, 0.1) is 0 Å². The first-order chi connectivity index (χ1) is 8.73. The molecule has 102 valence electrons. The lowest BCUT2D eigenvalue weighted by Gasteiger charge is -2.11. The van der Waals surface area contributed by atoms with E-state index in [0.29, 0.717) is 11.1 Å². The highest BCUT2D eigenvalue weighted by Crippen LogP contribution is 2.39. The van der Waals surface area contributed by atoms with E-state index in [9.17, 15) is 13.0 Å². The average molecular weight is 278 g/mol. The van der Waals surface area contributed by atoms with Crippen LogP contribution >= 0.6 is 0 Å². The Bertz CT molecular complexity index is 700. The van der Waals surface area contributed by atoms with Gasteiger partial charge in [-0.25, -0.2) is 0 Å². The van der Waals surface area contributed by atoms with Gasteiger partial charge in [-0.1, -0.05) is 38.1 Å². The third kappa shape index (κ3) is 2.38. The highest BCUT2D eigenvalue weighted by Gasteiger charge is 2.25. The van der Waals surface area contributed by atoms with Gasteiger partial charge in [0.15, 0.2) is 0 Å². The molecule has 0 aromatic carbocycles. The van der Waals surface area contributed by atoms with Crippen LogP contribution in [0.3, 0.4) is 0 Å². The highest BCUT2D eigenvalue weighted by molar-refractivity contribution is 7.86. The molecule has 0 aromatic heterocycles. The molecule has 0 radical (unpaired) electrons. The van der Waals surface area contributed by atoms with E-state index in [0.717, 1.165) is 16.7 Å². The third-order valence-corrected chi connectivity index (χ3v) is 4.43. The summed E-state index contributed by atoms with van der Waals surface area (Å²) in [5, 5.41) is 0. The second-order valence-corrected chi connectivity index (χ2v) is 6.59. The summed E-state index contributed by atoms with van der Waals surface area (Å²) >= 11 is 0. The molecule has 4 heteroatoms.